The zero-order chi connectivity index (χ0) is 17.8. The maximum Gasteiger partial charge on any atom is 0.323 e. The van der Waals surface area contributed by atoms with Crippen LogP contribution in [-0.4, -0.2) is 29.0 Å². The molecule has 0 radical (unpaired) electrons. The molecule has 1 aromatic heterocycles. The monoisotopic (exact) mass is 339 g/mol. The van der Waals surface area contributed by atoms with Crippen LogP contribution in [0.5, 0.6) is 0 Å². The fourth-order valence-corrected chi connectivity index (χ4v) is 2.57. The van der Waals surface area contributed by atoms with Gasteiger partial charge < -0.3 is 20.0 Å². The molecule has 0 saturated heterocycles. The second-order valence-electron chi connectivity index (χ2n) is 5.53. The van der Waals surface area contributed by atoms with Crippen molar-refractivity contribution < 1.29 is 14.3 Å². The number of aromatic nitrogens is 2. The lowest BCUT2D eigenvalue weighted by Crippen LogP contribution is -2.13. The van der Waals surface area contributed by atoms with E-state index in [0.29, 0.717) is 28.7 Å². The molecule has 0 unspecified atom stereocenters. The molecule has 7 heteroatoms. The van der Waals surface area contributed by atoms with Crippen molar-refractivity contribution in [1.29, 1.82) is 0 Å². The quantitative estimate of drug-likeness (QED) is 0.620. The van der Waals surface area contributed by atoms with Crippen LogP contribution >= 0.6 is 0 Å². The van der Waals surface area contributed by atoms with Gasteiger partial charge in [0, 0.05) is 17.7 Å². The lowest BCUT2D eigenvalue weighted by molar-refractivity contribution is -0.140. The van der Waals surface area contributed by atoms with Crippen molar-refractivity contribution in [3.05, 3.63) is 64.1 Å². The number of imidazole rings is 1. The Morgan fingerprint density at radius 1 is 1.08 bits per heavy atom. The molecule has 1 heterocycles. The molecular formula is C18H17N3O4. The van der Waals surface area contributed by atoms with Crippen molar-refractivity contribution in [1.82, 2.24) is 9.97 Å². The Morgan fingerprint density at radius 2 is 1.84 bits per heavy atom. The standard InChI is InChI=1S/C18H17N3O4/c1-25-16(22)9-7-11-4-2-3-5-13(11)19-17(23)12-6-8-14-15(10-12)21-18(24)20-14/h2-6,8,10H,7,9H2,1H3,(H,19,23)(H2,20,21,24). The number of amides is 1. The van der Waals surface area contributed by atoms with Crippen LogP contribution in [0.2, 0.25) is 0 Å². The number of para-hydroxylation sites is 1. The molecule has 0 fully saturated rings. The van der Waals surface area contributed by atoms with Gasteiger partial charge in [-0.3, -0.25) is 9.59 Å². The van der Waals surface area contributed by atoms with Gasteiger partial charge in [-0.05, 0) is 36.2 Å². The summed E-state index contributed by atoms with van der Waals surface area (Å²) in [7, 11) is 1.34. The number of hydrogen-bond acceptors (Lipinski definition) is 4. The third-order valence-corrected chi connectivity index (χ3v) is 3.87. The Kier molecular flexibility index (Phi) is 4.65. The van der Waals surface area contributed by atoms with Gasteiger partial charge in [0.2, 0.25) is 0 Å². The van der Waals surface area contributed by atoms with E-state index < -0.39 is 0 Å². The van der Waals surface area contributed by atoms with Crippen molar-refractivity contribution in [2.45, 2.75) is 12.8 Å². The van der Waals surface area contributed by atoms with Crippen LogP contribution in [0.15, 0.2) is 47.3 Å². The van der Waals surface area contributed by atoms with Crippen LogP contribution in [0.4, 0.5) is 5.69 Å². The van der Waals surface area contributed by atoms with Crippen molar-refractivity contribution in [2.24, 2.45) is 0 Å². The van der Waals surface area contributed by atoms with Gasteiger partial charge in [-0.25, -0.2) is 4.79 Å². The fraction of sp³-hybridized carbons (Fsp3) is 0.167. The van der Waals surface area contributed by atoms with Crippen molar-refractivity contribution in [3.8, 4) is 0 Å². The molecule has 0 spiro atoms. The molecule has 3 rings (SSSR count). The summed E-state index contributed by atoms with van der Waals surface area (Å²) in [6.45, 7) is 0. The second kappa shape index (κ2) is 7.04. The highest BCUT2D eigenvalue weighted by Gasteiger charge is 2.11. The van der Waals surface area contributed by atoms with Crippen LogP contribution in [0.25, 0.3) is 11.0 Å². The van der Waals surface area contributed by atoms with Crippen LogP contribution in [0, 0.1) is 0 Å². The average Bonchev–Trinajstić information content (AvgIpc) is 2.99. The number of aryl methyl sites for hydroxylation is 1. The summed E-state index contributed by atoms with van der Waals surface area (Å²) in [4.78, 5) is 40.4. The largest absolute Gasteiger partial charge is 0.469 e. The summed E-state index contributed by atoms with van der Waals surface area (Å²) in [6, 6.07) is 12.2. The number of nitrogens with one attached hydrogen (secondary N) is 3. The predicted molar refractivity (Wildman–Crippen MR) is 93.7 cm³/mol. The van der Waals surface area contributed by atoms with Crippen LogP contribution < -0.4 is 11.0 Å². The Bertz CT molecular complexity index is 987. The summed E-state index contributed by atoms with van der Waals surface area (Å²) in [5.41, 5.74) is 2.79. The Morgan fingerprint density at radius 3 is 2.64 bits per heavy atom. The Labute approximate surface area is 143 Å². The SMILES string of the molecule is COC(=O)CCc1ccccc1NC(=O)c1ccc2[nH]c(=O)[nH]c2c1. The summed E-state index contributed by atoms with van der Waals surface area (Å²) in [5.74, 6) is -0.600. The van der Waals surface area contributed by atoms with E-state index in [0.717, 1.165) is 5.56 Å². The van der Waals surface area contributed by atoms with E-state index in [4.69, 9.17) is 0 Å². The van der Waals surface area contributed by atoms with Crippen molar-refractivity contribution in [2.75, 3.05) is 12.4 Å². The Hall–Kier alpha value is -3.35. The molecule has 0 bridgehead atoms. The van der Waals surface area contributed by atoms with Crippen molar-refractivity contribution in [3.63, 3.8) is 0 Å². The van der Waals surface area contributed by atoms with Gasteiger partial charge in [-0.15, -0.1) is 0 Å². The fourth-order valence-electron chi connectivity index (χ4n) is 2.57. The van der Waals surface area contributed by atoms with Crippen LogP contribution in [0.3, 0.4) is 0 Å². The molecule has 3 aromatic rings. The number of esters is 1. The van der Waals surface area contributed by atoms with Gasteiger partial charge >= 0.3 is 11.7 Å². The number of benzene rings is 2. The second-order valence-corrected chi connectivity index (χ2v) is 5.53. The lowest BCUT2D eigenvalue weighted by Gasteiger charge is -2.11. The summed E-state index contributed by atoms with van der Waals surface area (Å²) in [6.07, 6.45) is 0.702. The zero-order valence-electron chi connectivity index (χ0n) is 13.6. The number of fused-ring (bicyclic) bond motifs is 1. The average molecular weight is 339 g/mol. The summed E-state index contributed by atoms with van der Waals surface area (Å²) >= 11 is 0. The van der Waals surface area contributed by atoms with Gasteiger partial charge in [-0.2, -0.15) is 0 Å². The highest BCUT2D eigenvalue weighted by molar-refractivity contribution is 6.06. The number of rotatable bonds is 5. The number of anilines is 1. The smallest absolute Gasteiger partial charge is 0.323 e. The number of carbonyl (C=O) groups is 2. The minimum absolute atomic E-state index is 0.236. The van der Waals surface area contributed by atoms with E-state index in [2.05, 4.69) is 20.0 Å². The number of hydrogen-bond donors (Lipinski definition) is 3. The Balaban J connectivity index is 1.79. The molecular weight excluding hydrogens is 322 g/mol. The van der Waals surface area contributed by atoms with Gasteiger partial charge in [0.1, 0.15) is 0 Å². The van der Waals surface area contributed by atoms with Gasteiger partial charge in [0.15, 0.2) is 0 Å². The minimum Gasteiger partial charge on any atom is -0.469 e. The highest BCUT2D eigenvalue weighted by atomic mass is 16.5. The molecule has 1 amide bonds. The number of H-pyrrole nitrogens is 2. The molecule has 25 heavy (non-hydrogen) atoms. The topological polar surface area (TPSA) is 104 Å². The first kappa shape index (κ1) is 16.5. The van der Waals surface area contributed by atoms with E-state index in [1.54, 1.807) is 24.3 Å². The number of carbonyl (C=O) groups excluding carboxylic acids is 2. The lowest BCUT2D eigenvalue weighted by atomic mass is 10.1. The van der Waals surface area contributed by atoms with E-state index in [9.17, 15) is 14.4 Å². The van der Waals surface area contributed by atoms with Gasteiger partial charge in [0.05, 0.1) is 18.1 Å². The molecule has 2 aromatic carbocycles. The van der Waals surface area contributed by atoms with E-state index >= 15 is 0 Å². The third-order valence-electron chi connectivity index (χ3n) is 3.87. The van der Waals surface area contributed by atoms with Crippen molar-refractivity contribution >= 4 is 28.6 Å². The maximum atomic E-state index is 12.5. The number of methoxy groups -OCH3 is 1. The minimum atomic E-state index is -0.319. The highest BCUT2D eigenvalue weighted by Crippen LogP contribution is 2.19. The summed E-state index contributed by atoms with van der Waals surface area (Å²) in [5, 5.41) is 2.85. The first-order valence-corrected chi connectivity index (χ1v) is 7.75. The molecule has 7 nitrogen and oxygen atoms in total. The van der Waals surface area contributed by atoms with Gasteiger partial charge in [0.25, 0.3) is 5.91 Å². The predicted octanol–water partition coefficient (Wildman–Crippen LogP) is 2.21. The third kappa shape index (κ3) is 3.77. The summed E-state index contributed by atoms with van der Waals surface area (Å²) < 4.78 is 4.65. The van der Waals surface area contributed by atoms with Crippen LogP contribution in [0.1, 0.15) is 22.3 Å². The number of ether oxygens (including phenoxy) is 1. The van der Waals surface area contributed by atoms with E-state index in [1.165, 1.54) is 7.11 Å². The van der Waals surface area contributed by atoms with Crippen LogP contribution in [-0.2, 0) is 16.0 Å². The number of aromatic amines is 2. The zero-order valence-corrected chi connectivity index (χ0v) is 13.6. The normalized spacial score (nSPS) is 10.6. The molecule has 0 aliphatic rings. The van der Waals surface area contributed by atoms with E-state index in [-0.39, 0.29) is 24.0 Å². The van der Waals surface area contributed by atoms with Gasteiger partial charge in [-0.1, -0.05) is 18.2 Å². The first-order valence-electron chi connectivity index (χ1n) is 7.75. The first-order chi connectivity index (χ1) is 12.1. The molecule has 128 valence electrons. The maximum absolute atomic E-state index is 12.5. The molecule has 0 aliphatic carbocycles. The molecule has 0 atom stereocenters. The van der Waals surface area contributed by atoms with E-state index in [1.807, 2.05) is 18.2 Å². The molecule has 0 saturated carbocycles. The molecule has 3 N–H and O–H groups in total. The molecule has 0 aliphatic heterocycles.